The molecule has 1 N–H and O–H groups in total. The molecule has 1 aliphatic rings. The first kappa shape index (κ1) is 23.4. The Morgan fingerprint density at radius 3 is 2.56 bits per heavy atom. The third-order valence-electron chi connectivity index (χ3n) is 5.39. The first-order valence-electron chi connectivity index (χ1n) is 11.0. The lowest BCUT2D eigenvalue weighted by atomic mass is 10.0. The van der Waals surface area contributed by atoms with E-state index < -0.39 is 5.97 Å². The molecule has 0 saturated heterocycles. The number of ketones is 1. The number of rotatable bonds is 4. The van der Waals surface area contributed by atoms with E-state index in [0.29, 0.717) is 50.0 Å². The summed E-state index contributed by atoms with van der Waals surface area (Å²) in [6, 6.07) is 10.7. The van der Waals surface area contributed by atoms with Gasteiger partial charge in [-0.2, -0.15) is 0 Å². The van der Waals surface area contributed by atoms with Gasteiger partial charge in [0.2, 0.25) is 0 Å². The van der Waals surface area contributed by atoms with Crippen LogP contribution in [0.3, 0.4) is 0 Å². The number of ether oxygens (including phenoxy) is 3. The number of fused-ring (bicyclic) bond motifs is 1. The molecule has 6 heteroatoms. The summed E-state index contributed by atoms with van der Waals surface area (Å²) in [7, 11) is 1.61. The van der Waals surface area contributed by atoms with E-state index >= 15 is 0 Å². The number of benzene rings is 2. The van der Waals surface area contributed by atoms with Gasteiger partial charge in [0.05, 0.1) is 13.2 Å². The number of esters is 1. The predicted octanol–water partition coefficient (Wildman–Crippen LogP) is 5.46. The standard InChI is InChI=1S/C26H30O6/c1-18-7-6-10-21(27)9-5-3-4-8-20-15-23(16-24(28)25(20)26(29)32-18)31-17-19-11-13-22(30-2)14-12-19/h4,8,11-16,18,28H,3,5-7,9-10,17H2,1-2H3/b8-4+/t18-/m0/s1. The Hall–Kier alpha value is -3.28. The summed E-state index contributed by atoms with van der Waals surface area (Å²) >= 11 is 0. The number of hydrogen-bond acceptors (Lipinski definition) is 6. The molecular weight excluding hydrogens is 408 g/mol. The first-order valence-corrected chi connectivity index (χ1v) is 11.0. The Kier molecular flexibility index (Phi) is 8.31. The number of aromatic hydroxyl groups is 1. The van der Waals surface area contributed by atoms with Crippen LogP contribution in [0.5, 0.6) is 17.2 Å². The molecule has 0 aromatic heterocycles. The van der Waals surface area contributed by atoms with Crippen molar-refractivity contribution in [2.75, 3.05) is 7.11 Å². The summed E-state index contributed by atoms with van der Waals surface area (Å²) in [6.07, 6.45) is 7.12. The van der Waals surface area contributed by atoms with Crippen LogP contribution in [0, 0.1) is 0 Å². The predicted molar refractivity (Wildman–Crippen MR) is 122 cm³/mol. The maximum atomic E-state index is 12.8. The molecule has 0 radical (unpaired) electrons. The number of cyclic esters (lactones) is 1. The topological polar surface area (TPSA) is 82.1 Å². The van der Waals surface area contributed by atoms with Gasteiger partial charge in [-0.25, -0.2) is 4.79 Å². The molecule has 0 bridgehead atoms. The summed E-state index contributed by atoms with van der Waals surface area (Å²) in [4.78, 5) is 24.7. The van der Waals surface area contributed by atoms with Crippen molar-refractivity contribution in [1.29, 1.82) is 0 Å². The minimum Gasteiger partial charge on any atom is -0.507 e. The zero-order chi connectivity index (χ0) is 22.9. The number of phenolic OH excluding ortho intramolecular Hbond substituents is 1. The highest BCUT2D eigenvalue weighted by Crippen LogP contribution is 2.31. The fraction of sp³-hybridized carbons (Fsp3) is 0.385. The zero-order valence-electron chi connectivity index (χ0n) is 18.6. The average molecular weight is 439 g/mol. The molecular formula is C26H30O6. The fourth-order valence-corrected chi connectivity index (χ4v) is 3.59. The van der Waals surface area contributed by atoms with Crippen molar-refractivity contribution in [2.24, 2.45) is 0 Å². The monoisotopic (exact) mass is 438 g/mol. The van der Waals surface area contributed by atoms with Crippen molar-refractivity contribution in [1.82, 2.24) is 0 Å². The fourth-order valence-electron chi connectivity index (χ4n) is 3.59. The molecule has 0 unspecified atom stereocenters. The summed E-state index contributed by atoms with van der Waals surface area (Å²) < 4.78 is 16.6. The molecule has 1 aliphatic heterocycles. The van der Waals surface area contributed by atoms with E-state index in [-0.39, 0.29) is 23.2 Å². The van der Waals surface area contributed by atoms with Gasteiger partial charge in [0, 0.05) is 18.9 Å². The molecule has 0 saturated carbocycles. The Labute approximate surface area is 188 Å². The molecule has 1 atom stereocenters. The van der Waals surface area contributed by atoms with Gasteiger partial charge in [-0.05, 0) is 61.9 Å². The van der Waals surface area contributed by atoms with Crippen LogP contribution in [0.1, 0.15) is 66.9 Å². The van der Waals surface area contributed by atoms with E-state index in [9.17, 15) is 14.7 Å². The largest absolute Gasteiger partial charge is 0.507 e. The van der Waals surface area contributed by atoms with Gasteiger partial charge in [0.15, 0.2) is 0 Å². The smallest absolute Gasteiger partial charge is 0.342 e. The lowest BCUT2D eigenvalue weighted by molar-refractivity contribution is -0.119. The van der Waals surface area contributed by atoms with Crippen molar-refractivity contribution >= 4 is 17.8 Å². The summed E-state index contributed by atoms with van der Waals surface area (Å²) in [5, 5.41) is 10.6. The molecule has 2 aromatic rings. The second kappa shape index (κ2) is 11.4. The van der Waals surface area contributed by atoms with Crippen LogP contribution in [-0.2, 0) is 16.1 Å². The van der Waals surface area contributed by atoms with Crippen LogP contribution in [-0.4, -0.2) is 30.1 Å². The molecule has 1 heterocycles. The Bertz CT molecular complexity index is 961. The minimum atomic E-state index is -0.584. The zero-order valence-corrected chi connectivity index (χ0v) is 18.6. The Balaban J connectivity index is 1.82. The van der Waals surface area contributed by atoms with Gasteiger partial charge in [-0.1, -0.05) is 24.3 Å². The van der Waals surface area contributed by atoms with Crippen molar-refractivity contribution < 1.29 is 28.9 Å². The quantitative estimate of drug-likeness (QED) is 0.638. The number of carbonyl (C=O) groups excluding carboxylic acids is 2. The molecule has 6 nitrogen and oxygen atoms in total. The van der Waals surface area contributed by atoms with Crippen LogP contribution in [0.4, 0.5) is 0 Å². The third kappa shape index (κ3) is 6.61. The van der Waals surface area contributed by atoms with Gasteiger partial charge in [-0.15, -0.1) is 0 Å². The van der Waals surface area contributed by atoms with E-state index in [4.69, 9.17) is 14.2 Å². The van der Waals surface area contributed by atoms with Gasteiger partial charge < -0.3 is 19.3 Å². The maximum Gasteiger partial charge on any atom is 0.342 e. The van der Waals surface area contributed by atoms with Gasteiger partial charge >= 0.3 is 5.97 Å². The third-order valence-corrected chi connectivity index (χ3v) is 5.39. The average Bonchev–Trinajstić information content (AvgIpc) is 2.77. The number of phenols is 1. The van der Waals surface area contributed by atoms with Gasteiger partial charge in [0.25, 0.3) is 0 Å². The van der Waals surface area contributed by atoms with Crippen LogP contribution < -0.4 is 9.47 Å². The van der Waals surface area contributed by atoms with Crippen LogP contribution in [0.25, 0.3) is 6.08 Å². The first-order chi connectivity index (χ1) is 15.5. The van der Waals surface area contributed by atoms with Crippen LogP contribution in [0.15, 0.2) is 42.5 Å². The van der Waals surface area contributed by atoms with Crippen LogP contribution in [0.2, 0.25) is 0 Å². The molecule has 0 spiro atoms. The Morgan fingerprint density at radius 1 is 1.06 bits per heavy atom. The second-order valence-corrected chi connectivity index (χ2v) is 7.98. The molecule has 170 valence electrons. The molecule has 3 rings (SSSR count). The number of hydrogen-bond donors (Lipinski definition) is 1. The minimum absolute atomic E-state index is 0.123. The highest BCUT2D eigenvalue weighted by atomic mass is 16.5. The SMILES string of the molecule is COc1ccc(COc2cc(O)c3c(c2)/C=C/CCCC(=O)CCC[C@H](C)OC3=O)cc1. The molecule has 0 fully saturated rings. The van der Waals surface area contributed by atoms with E-state index in [2.05, 4.69) is 0 Å². The number of methoxy groups -OCH3 is 1. The second-order valence-electron chi connectivity index (χ2n) is 7.98. The van der Waals surface area contributed by atoms with E-state index in [1.54, 1.807) is 26.2 Å². The normalized spacial score (nSPS) is 18.8. The Morgan fingerprint density at radius 2 is 1.81 bits per heavy atom. The highest BCUT2D eigenvalue weighted by molar-refractivity contribution is 5.97. The lowest BCUT2D eigenvalue weighted by Gasteiger charge is -2.16. The van der Waals surface area contributed by atoms with Gasteiger partial charge in [0.1, 0.15) is 35.2 Å². The molecule has 0 amide bonds. The maximum absolute atomic E-state index is 12.8. The number of allylic oxidation sites excluding steroid dienone is 1. The van der Waals surface area contributed by atoms with Crippen molar-refractivity contribution in [3.05, 3.63) is 59.2 Å². The molecule has 0 aliphatic carbocycles. The molecule has 32 heavy (non-hydrogen) atoms. The summed E-state index contributed by atoms with van der Waals surface area (Å²) in [5.41, 5.74) is 1.59. The van der Waals surface area contributed by atoms with Crippen LogP contribution >= 0.6 is 0 Å². The summed E-state index contributed by atoms with van der Waals surface area (Å²) in [5.74, 6) is 0.675. The van der Waals surface area contributed by atoms with Crippen molar-refractivity contribution in [3.8, 4) is 17.2 Å². The highest BCUT2D eigenvalue weighted by Gasteiger charge is 2.21. The van der Waals surface area contributed by atoms with E-state index in [1.165, 1.54) is 6.07 Å². The van der Waals surface area contributed by atoms with E-state index in [0.717, 1.165) is 17.7 Å². The number of carbonyl (C=O) groups is 2. The summed E-state index contributed by atoms with van der Waals surface area (Å²) in [6.45, 7) is 2.10. The molecule has 2 aromatic carbocycles. The van der Waals surface area contributed by atoms with Gasteiger partial charge in [-0.3, -0.25) is 4.79 Å². The lowest BCUT2D eigenvalue weighted by Crippen LogP contribution is -2.17. The number of Topliss-reactive ketones (excluding diaryl/α,β-unsaturated/α-hetero) is 1. The van der Waals surface area contributed by atoms with Crippen molar-refractivity contribution in [2.45, 2.75) is 58.2 Å². The van der Waals surface area contributed by atoms with E-state index in [1.807, 2.05) is 30.3 Å². The van der Waals surface area contributed by atoms with Crippen molar-refractivity contribution in [3.63, 3.8) is 0 Å².